The van der Waals surface area contributed by atoms with E-state index in [1.54, 1.807) is 0 Å². The molecule has 3 atom stereocenters. The van der Waals surface area contributed by atoms with Gasteiger partial charge in [-0.25, -0.2) is 0 Å². The molecule has 1 saturated carbocycles. The van der Waals surface area contributed by atoms with Crippen molar-refractivity contribution in [3.8, 4) is 5.75 Å². The lowest BCUT2D eigenvalue weighted by Crippen LogP contribution is -2.26. The second-order valence-corrected chi connectivity index (χ2v) is 6.56. The van der Waals surface area contributed by atoms with Gasteiger partial charge >= 0.3 is 0 Å². The van der Waals surface area contributed by atoms with Crippen LogP contribution in [0.2, 0.25) is 0 Å². The van der Waals surface area contributed by atoms with Gasteiger partial charge in [-0.2, -0.15) is 0 Å². The molecule has 0 aliphatic heterocycles. The van der Waals surface area contributed by atoms with Crippen molar-refractivity contribution < 1.29 is 9.53 Å². The maximum atomic E-state index is 12.6. The van der Waals surface area contributed by atoms with E-state index in [9.17, 15) is 4.79 Å². The molecule has 3 unspecified atom stereocenters. The third-order valence-electron chi connectivity index (χ3n) is 4.87. The first kappa shape index (κ1) is 16.1. The average molecular weight is 288 g/mol. The summed E-state index contributed by atoms with van der Waals surface area (Å²) in [4.78, 5) is 12.6. The summed E-state index contributed by atoms with van der Waals surface area (Å²) in [5.41, 5.74) is 0.838. The first-order valence-corrected chi connectivity index (χ1v) is 8.39. The SMILES string of the molecule is CCCCOc1ccc(C(=O)C2CCC(C)C(C)C2)cc1. The van der Waals surface area contributed by atoms with Gasteiger partial charge in [0.05, 0.1) is 6.61 Å². The van der Waals surface area contributed by atoms with Crippen molar-refractivity contribution >= 4 is 5.78 Å². The van der Waals surface area contributed by atoms with E-state index in [0.29, 0.717) is 11.7 Å². The van der Waals surface area contributed by atoms with Crippen molar-refractivity contribution in [2.45, 2.75) is 52.9 Å². The Hall–Kier alpha value is -1.31. The minimum absolute atomic E-state index is 0.211. The molecule has 0 amide bonds. The van der Waals surface area contributed by atoms with Crippen LogP contribution < -0.4 is 4.74 Å². The lowest BCUT2D eigenvalue weighted by Gasteiger charge is -2.31. The summed E-state index contributed by atoms with van der Waals surface area (Å²) in [6, 6.07) is 7.70. The minimum Gasteiger partial charge on any atom is -0.494 e. The Morgan fingerprint density at radius 1 is 1.14 bits per heavy atom. The van der Waals surface area contributed by atoms with Crippen molar-refractivity contribution in [1.29, 1.82) is 0 Å². The van der Waals surface area contributed by atoms with Crippen molar-refractivity contribution in [3.05, 3.63) is 29.8 Å². The normalized spacial score (nSPS) is 25.6. The van der Waals surface area contributed by atoms with Gasteiger partial charge in [0.25, 0.3) is 0 Å². The van der Waals surface area contributed by atoms with E-state index in [1.807, 2.05) is 24.3 Å². The fourth-order valence-corrected chi connectivity index (χ4v) is 3.07. The van der Waals surface area contributed by atoms with Crippen LogP contribution in [0.25, 0.3) is 0 Å². The fraction of sp³-hybridized carbons (Fsp3) is 0.632. The molecule has 1 fully saturated rings. The smallest absolute Gasteiger partial charge is 0.165 e. The van der Waals surface area contributed by atoms with E-state index in [1.165, 1.54) is 6.42 Å². The van der Waals surface area contributed by atoms with Crippen LogP contribution in [0.4, 0.5) is 0 Å². The zero-order valence-electron chi connectivity index (χ0n) is 13.6. The molecule has 2 nitrogen and oxygen atoms in total. The molecule has 0 radical (unpaired) electrons. The summed E-state index contributed by atoms with van der Waals surface area (Å²) in [5.74, 6) is 2.80. The number of unbranched alkanes of at least 4 members (excludes halogenated alkanes) is 1. The highest BCUT2D eigenvalue weighted by molar-refractivity contribution is 5.98. The molecule has 2 rings (SSSR count). The summed E-state index contributed by atoms with van der Waals surface area (Å²) in [6.45, 7) is 7.47. The Kier molecular flexibility index (Phi) is 5.84. The molecule has 1 aliphatic rings. The first-order valence-electron chi connectivity index (χ1n) is 8.39. The second-order valence-electron chi connectivity index (χ2n) is 6.56. The summed E-state index contributed by atoms with van der Waals surface area (Å²) < 4.78 is 5.65. The van der Waals surface area contributed by atoms with Crippen LogP contribution in [-0.4, -0.2) is 12.4 Å². The number of benzene rings is 1. The van der Waals surface area contributed by atoms with E-state index in [4.69, 9.17) is 4.74 Å². The highest BCUT2D eigenvalue weighted by Crippen LogP contribution is 2.35. The Balaban J connectivity index is 1.93. The van der Waals surface area contributed by atoms with E-state index in [-0.39, 0.29) is 5.92 Å². The van der Waals surface area contributed by atoms with Gasteiger partial charge in [-0.1, -0.05) is 27.2 Å². The summed E-state index contributed by atoms with van der Waals surface area (Å²) in [5, 5.41) is 0. The maximum absolute atomic E-state index is 12.6. The van der Waals surface area contributed by atoms with E-state index >= 15 is 0 Å². The minimum atomic E-state index is 0.211. The van der Waals surface area contributed by atoms with Gasteiger partial charge in [0, 0.05) is 11.5 Å². The van der Waals surface area contributed by atoms with Crippen LogP contribution >= 0.6 is 0 Å². The standard InChI is InChI=1S/C19H28O2/c1-4-5-12-21-18-10-8-16(9-11-18)19(20)17-7-6-14(2)15(3)13-17/h8-11,14-15,17H,4-7,12-13H2,1-3H3. The number of Topliss-reactive ketones (excluding diaryl/α,β-unsaturated/α-hetero) is 1. The molecule has 0 spiro atoms. The number of carbonyl (C=O) groups is 1. The summed E-state index contributed by atoms with van der Waals surface area (Å²) in [6.07, 6.45) is 5.46. The van der Waals surface area contributed by atoms with Crippen molar-refractivity contribution in [1.82, 2.24) is 0 Å². The van der Waals surface area contributed by atoms with Gasteiger partial charge in [0.2, 0.25) is 0 Å². The highest BCUT2D eigenvalue weighted by Gasteiger charge is 2.29. The Morgan fingerprint density at radius 2 is 1.86 bits per heavy atom. The summed E-state index contributed by atoms with van der Waals surface area (Å²) in [7, 11) is 0. The van der Waals surface area contributed by atoms with Gasteiger partial charge < -0.3 is 4.74 Å². The maximum Gasteiger partial charge on any atom is 0.165 e. The van der Waals surface area contributed by atoms with Gasteiger partial charge in [-0.15, -0.1) is 0 Å². The zero-order chi connectivity index (χ0) is 15.2. The van der Waals surface area contributed by atoms with Gasteiger partial charge in [-0.3, -0.25) is 4.79 Å². The molecular weight excluding hydrogens is 260 g/mol. The van der Waals surface area contributed by atoms with Crippen LogP contribution in [0, 0.1) is 17.8 Å². The molecule has 116 valence electrons. The van der Waals surface area contributed by atoms with Gasteiger partial charge in [0.1, 0.15) is 5.75 Å². The Labute approximate surface area is 128 Å². The number of rotatable bonds is 6. The molecule has 0 aromatic heterocycles. The predicted octanol–water partition coefficient (Wildman–Crippen LogP) is 5.12. The molecule has 0 N–H and O–H groups in total. The molecule has 0 heterocycles. The Bertz CT molecular complexity index is 449. The number of ether oxygens (including phenoxy) is 1. The molecular formula is C19H28O2. The second kappa shape index (κ2) is 7.63. The van der Waals surface area contributed by atoms with Crippen LogP contribution in [-0.2, 0) is 0 Å². The number of ketones is 1. The van der Waals surface area contributed by atoms with E-state index < -0.39 is 0 Å². The molecule has 2 heteroatoms. The van der Waals surface area contributed by atoms with Crippen LogP contribution in [0.3, 0.4) is 0 Å². The third-order valence-corrected chi connectivity index (χ3v) is 4.87. The molecule has 0 bridgehead atoms. The molecule has 1 aliphatic carbocycles. The van der Waals surface area contributed by atoms with Gasteiger partial charge in [-0.05, 0) is 61.8 Å². The number of hydrogen-bond donors (Lipinski definition) is 0. The first-order chi connectivity index (χ1) is 10.1. The largest absolute Gasteiger partial charge is 0.494 e. The predicted molar refractivity (Wildman–Crippen MR) is 86.8 cm³/mol. The van der Waals surface area contributed by atoms with E-state index in [0.717, 1.165) is 49.5 Å². The van der Waals surface area contributed by atoms with Crippen molar-refractivity contribution in [3.63, 3.8) is 0 Å². The molecule has 0 saturated heterocycles. The summed E-state index contributed by atoms with van der Waals surface area (Å²) >= 11 is 0. The molecule has 21 heavy (non-hydrogen) atoms. The average Bonchev–Trinajstić information content (AvgIpc) is 2.50. The fourth-order valence-electron chi connectivity index (χ4n) is 3.07. The third kappa shape index (κ3) is 4.33. The quantitative estimate of drug-likeness (QED) is 0.536. The van der Waals surface area contributed by atoms with Crippen LogP contribution in [0.1, 0.15) is 63.2 Å². The van der Waals surface area contributed by atoms with Crippen LogP contribution in [0.15, 0.2) is 24.3 Å². The Morgan fingerprint density at radius 3 is 2.48 bits per heavy atom. The topological polar surface area (TPSA) is 26.3 Å². The van der Waals surface area contributed by atoms with Gasteiger partial charge in [0.15, 0.2) is 5.78 Å². The lowest BCUT2D eigenvalue weighted by molar-refractivity contribution is 0.0837. The molecule has 1 aromatic rings. The van der Waals surface area contributed by atoms with Crippen molar-refractivity contribution in [2.75, 3.05) is 6.61 Å². The van der Waals surface area contributed by atoms with Crippen LogP contribution in [0.5, 0.6) is 5.75 Å². The number of carbonyl (C=O) groups excluding carboxylic acids is 1. The van der Waals surface area contributed by atoms with E-state index in [2.05, 4.69) is 20.8 Å². The number of hydrogen-bond acceptors (Lipinski definition) is 2. The highest BCUT2D eigenvalue weighted by atomic mass is 16.5. The lowest BCUT2D eigenvalue weighted by atomic mass is 9.73. The molecule has 1 aromatic carbocycles. The zero-order valence-corrected chi connectivity index (χ0v) is 13.6. The van der Waals surface area contributed by atoms with Crippen molar-refractivity contribution in [2.24, 2.45) is 17.8 Å². The monoisotopic (exact) mass is 288 g/mol.